The molecule has 86 valence electrons. The molecule has 0 aliphatic carbocycles. The Bertz CT molecular complexity index is 247. The van der Waals surface area contributed by atoms with Crippen LogP contribution in [0.1, 0.15) is 26.7 Å². The van der Waals surface area contributed by atoms with Gasteiger partial charge in [0.1, 0.15) is 6.04 Å². The molecule has 1 unspecified atom stereocenters. The summed E-state index contributed by atoms with van der Waals surface area (Å²) in [5.41, 5.74) is 5.21. The second kappa shape index (κ2) is 5.11. The van der Waals surface area contributed by atoms with Crippen LogP contribution in [0, 0.1) is 5.92 Å². The Morgan fingerprint density at radius 1 is 1.47 bits per heavy atom. The number of nitrogens with two attached hydrogens (primary N) is 1. The molecule has 2 amide bonds. The van der Waals surface area contributed by atoms with E-state index >= 15 is 0 Å². The van der Waals surface area contributed by atoms with Gasteiger partial charge in [-0.05, 0) is 25.3 Å². The Morgan fingerprint density at radius 3 is 2.53 bits per heavy atom. The van der Waals surface area contributed by atoms with E-state index in [1.54, 1.807) is 0 Å². The summed E-state index contributed by atoms with van der Waals surface area (Å²) in [6.07, 6.45) is 1.83. The molecule has 1 saturated heterocycles. The summed E-state index contributed by atoms with van der Waals surface area (Å²) < 4.78 is 0. The van der Waals surface area contributed by atoms with Crippen LogP contribution in [0.4, 0.5) is 0 Å². The van der Waals surface area contributed by atoms with E-state index in [-0.39, 0.29) is 17.9 Å². The van der Waals surface area contributed by atoms with Crippen molar-refractivity contribution in [1.29, 1.82) is 0 Å². The van der Waals surface area contributed by atoms with Crippen LogP contribution in [0.25, 0.3) is 0 Å². The smallest absolute Gasteiger partial charge is 0.240 e. The van der Waals surface area contributed by atoms with Crippen LogP contribution in [-0.4, -0.2) is 30.4 Å². The Hall–Kier alpha value is -1.10. The highest BCUT2D eigenvalue weighted by molar-refractivity contribution is 5.89. The first-order chi connectivity index (χ1) is 7.02. The molecule has 4 N–H and O–H groups in total. The third-order valence-electron chi connectivity index (χ3n) is 2.65. The number of amides is 2. The van der Waals surface area contributed by atoms with Gasteiger partial charge in [-0.1, -0.05) is 13.8 Å². The van der Waals surface area contributed by atoms with Gasteiger partial charge in [-0.3, -0.25) is 9.59 Å². The van der Waals surface area contributed by atoms with Crippen molar-refractivity contribution in [2.75, 3.05) is 6.54 Å². The topological polar surface area (TPSA) is 84.2 Å². The minimum absolute atomic E-state index is 0.0212. The van der Waals surface area contributed by atoms with E-state index in [2.05, 4.69) is 10.6 Å². The van der Waals surface area contributed by atoms with Crippen LogP contribution >= 0.6 is 0 Å². The average molecular weight is 213 g/mol. The lowest BCUT2D eigenvalue weighted by Gasteiger charge is -2.21. The van der Waals surface area contributed by atoms with Crippen molar-refractivity contribution in [3.05, 3.63) is 0 Å². The Labute approximate surface area is 89.8 Å². The average Bonchev–Trinajstić information content (AvgIpc) is 2.65. The summed E-state index contributed by atoms with van der Waals surface area (Å²) >= 11 is 0. The SMILES string of the molecule is CC(C)C(NC(=O)[C@@H]1CCCN1)C(N)=O. The lowest BCUT2D eigenvalue weighted by molar-refractivity contribution is -0.129. The fourth-order valence-corrected chi connectivity index (χ4v) is 1.73. The molecule has 5 nitrogen and oxygen atoms in total. The fourth-order valence-electron chi connectivity index (χ4n) is 1.73. The van der Waals surface area contributed by atoms with E-state index in [9.17, 15) is 9.59 Å². The summed E-state index contributed by atoms with van der Waals surface area (Å²) in [7, 11) is 0. The summed E-state index contributed by atoms with van der Waals surface area (Å²) in [4.78, 5) is 22.8. The third-order valence-corrected chi connectivity index (χ3v) is 2.65. The maximum absolute atomic E-state index is 11.7. The zero-order valence-corrected chi connectivity index (χ0v) is 9.25. The third kappa shape index (κ3) is 3.20. The second-order valence-corrected chi connectivity index (χ2v) is 4.28. The Balaban J connectivity index is 2.50. The second-order valence-electron chi connectivity index (χ2n) is 4.28. The standard InChI is InChI=1S/C10H19N3O2/c1-6(2)8(9(11)14)13-10(15)7-4-3-5-12-7/h6-8,12H,3-5H2,1-2H3,(H2,11,14)(H,13,15)/t7-,8?/m0/s1. The van der Waals surface area contributed by atoms with Gasteiger partial charge in [0.15, 0.2) is 0 Å². The van der Waals surface area contributed by atoms with Crippen LogP contribution in [0.15, 0.2) is 0 Å². The van der Waals surface area contributed by atoms with Crippen LogP contribution < -0.4 is 16.4 Å². The van der Waals surface area contributed by atoms with E-state index in [0.29, 0.717) is 0 Å². The molecule has 0 radical (unpaired) electrons. The van der Waals surface area contributed by atoms with Gasteiger partial charge in [-0.2, -0.15) is 0 Å². The molecule has 1 rings (SSSR count). The van der Waals surface area contributed by atoms with Crippen molar-refractivity contribution < 1.29 is 9.59 Å². The number of hydrogen-bond acceptors (Lipinski definition) is 3. The van der Waals surface area contributed by atoms with E-state index in [0.717, 1.165) is 19.4 Å². The van der Waals surface area contributed by atoms with Crippen LogP contribution in [-0.2, 0) is 9.59 Å². The summed E-state index contributed by atoms with van der Waals surface area (Å²) in [5, 5.41) is 5.76. The number of nitrogens with one attached hydrogen (secondary N) is 2. The van der Waals surface area contributed by atoms with Crippen LogP contribution in [0.5, 0.6) is 0 Å². The van der Waals surface area contributed by atoms with Gasteiger partial charge >= 0.3 is 0 Å². The summed E-state index contributed by atoms with van der Waals surface area (Å²) in [5.74, 6) is -0.575. The molecule has 1 fully saturated rings. The molecule has 0 aromatic rings. The van der Waals surface area contributed by atoms with Gasteiger partial charge in [-0.25, -0.2) is 0 Å². The fraction of sp³-hybridized carbons (Fsp3) is 0.800. The Morgan fingerprint density at radius 2 is 2.13 bits per heavy atom. The molecule has 0 spiro atoms. The van der Waals surface area contributed by atoms with Crippen LogP contribution in [0.3, 0.4) is 0 Å². The summed E-state index contributed by atoms with van der Waals surface area (Å²) in [6.45, 7) is 4.58. The minimum atomic E-state index is -0.570. The van der Waals surface area contributed by atoms with Crippen molar-refractivity contribution >= 4 is 11.8 Å². The highest BCUT2D eigenvalue weighted by Crippen LogP contribution is 2.07. The lowest BCUT2D eigenvalue weighted by atomic mass is 10.0. The zero-order chi connectivity index (χ0) is 11.4. The van der Waals surface area contributed by atoms with Gasteiger partial charge in [0, 0.05) is 0 Å². The highest BCUT2D eigenvalue weighted by atomic mass is 16.2. The molecule has 5 heteroatoms. The minimum Gasteiger partial charge on any atom is -0.368 e. The van der Waals surface area contributed by atoms with Crippen molar-refractivity contribution in [2.45, 2.75) is 38.8 Å². The first-order valence-electron chi connectivity index (χ1n) is 5.35. The molecule has 1 aliphatic rings. The summed E-state index contributed by atoms with van der Waals surface area (Å²) in [6, 6.07) is -0.731. The van der Waals surface area contributed by atoms with E-state index in [1.807, 2.05) is 13.8 Å². The lowest BCUT2D eigenvalue weighted by Crippen LogP contribution is -2.52. The molecule has 1 heterocycles. The van der Waals surface area contributed by atoms with E-state index in [4.69, 9.17) is 5.73 Å². The normalized spacial score (nSPS) is 22.7. The Kier molecular flexibility index (Phi) is 4.08. The predicted molar refractivity (Wildman–Crippen MR) is 57.0 cm³/mol. The van der Waals surface area contributed by atoms with Crippen molar-refractivity contribution in [3.63, 3.8) is 0 Å². The quantitative estimate of drug-likeness (QED) is 0.581. The molecule has 0 saturated carbocycles. The van der Waals surface area contributed by atoms with Gasteiger partial charge in [0.25, 0.3) is 0 Å². The molecular weight excluding hydrogens is 194 g/mol. The van der Waals surface area contributed by atoms with E-state index in [1.165, 1.54) is 0 Å². The van der Waals surface area contributed by atoms with Crippen LogP contribution in [0.2, 0.25) is 0 Å². The first-order valence-corrected chi connectivity index (χ1v) is 5.35. The number of carbonyl (C=O) groups is 2. The number of primary amides is 1. The highest BCUT2D eigenvalue weighted by Gasteiger charge is 2.27. The monoisotopic (exact) mass is 213 g/mol. The van der Waals surface area contributed by atoms with Gasteiger partial charge in [-0.15, -0.1) is 0 Å². The van der Waals surface area contributed by atoms with Gasteiger partial charge in [0.2, 0.25) is 11.8 Å². The molecule has 0 aromatic carbocycles. The number of carbonyl (C=O) groups excluding carboxylic acids is 2. The van der Waals surface area contributed by atoms with Gasteiger partial charge in [0.05, 0.1) is 6.04 Å². The molecule has 15 heavy (non-hydrogen) atoms. The van der Waals surface area contributed by atoms with Crippen molar-refractivity contribution in [1.82, 2.24) is 10.6 Å². The first kappa shape index (κ1) is 12.0. The van der Waals surface area contributed by atoms with Gasteiger partial charge < -0.3 is 16.4 Å². The molecule has 0 bridgehead atoms. The zero-order valence-electron chi connectivity index (χ0n) is 9.25. The predicted octanol–water partition coefficient (Wildman–Crippen LogP) is -0.635. The van der Waals surface area contributed by atoms with Crippen molar-refractivity contribution in [3.8, 4) is 0 Å². The number of rotatable bonds is 4. The molecule has 2 atom stereocenters. The largest absolute Gasteiger partial charge is 0.368 e. The van der Waals surface area contributed by atoms with E-state index < -0.39 is 11.9 Å². The maximum atomic E-state index is 11.7. The maximum Gasteiger partial charge on any atom is 0.240 e. The molecule has 0 aromatic heterocycles. The number of hydrogen-bond donors (Lipinski definition) is 3. The molecule has 1 aliphatic heterocycles. The van der Waals surface area contributed by atoms with Crippen molar-refractivity contribution in [2.24, 2.45) is 11.7 Å². The molecular formula is C10H19N3O2.